The number of nitrogens with one attached hydrogen (secondary N) is 2. The van der Waals surface area contributed by atoms with E-state index in [9.17, 15) is 9.59 Å². The van der Waals surface area contributed by atoms with Crippen molar-refractivity contribution in [2.24, 2.45) is 0 Å². The predicted molar refractivity (Wildman–Crippen MR) is 110 cm³/mol. The molecule has 0 aliphatic rings. The number of para-hydroxylation sites is 1. The van der Waals surface area contributed by atoms with Gasteiger partial charge in [0.15, 0.2) is 5.16 Å². The summed E-state index contributed by atoms with van der Waals surface area (Å²) in [5.41, 5.74) is 1.39. The number of aromatic amines is 2. The third-order valence-electron chi connectivity index (χ3n) is 4.49. The highest BCUT2D eigenvalue weighted by Crippen LogP contribution is 2.31. The van der Waals surface area contributed by atoms with Gasteiger partial charge < -0.3 is 4.98 Å². The minimum atomic E-state index is -0.245. The van der Waals surface area contributed by atoms with Crippen molar-refractivity contribution in [1.29, 1.82) is 0 Å². The van der Waals surface area contributed by atoms with Crippen molar-refractivity contribution in [3.63, 3.8) is 0 Å². The molecule has 0 fully saturated rings. The highest BCUT2D eigenvalue weighted by Gasteiger charge is 2.17. The second-order valence-electron chi connectivity index (χ2n) is 6.43. The van der Waals surface area contributed by atoms with Crippen molar-refractivity contribution in [3.8, 4) is 0 Å². The maximum absolute atomic E-state index is 12.3. The summed E-state index contributed by atoms with van der Waals surface area (Å²) in [5, 5.41) is 7.62. The first-order valence-electron chi connectivity index (χ1n) is 8.96. The summed E-state index contributed by atoms with van der Waals surface area (Å²) in [6, 6.07) is 17.2. The third kappa shape index (κ3) is 3.77. The van der Waals surface area contributed by atoms with Crippen LogP contribution in [0.1, 0.15) is 23.6 Å². The summed E-state index contributed by atoms with van der Waals surface area (Å²) in [7, 11) is 0. The summed E-state index contributed by atoms with van der Waals surface area (Å²) < 4.78 is 1.62. The summed E-state index contributed by atoms with van der Waals surface area (Å²) in [6.45, 7) is 2.45. The molecule has 0 bridgehead atoms. The van der Waals surface area contributed by atoms with Crippen LogP contribution in [0.5, 0.6) is 0 Å². The molecule has 0 saturated heterocycles. The average molecular weight is 393 g/mol. The second kappa shape index (κ2) is 7.85. The zero-order valence-electron chi connectivity index (χ0n) is 15.3. The first-order chi connectivity index (χ1) is 13.6. The molecule has 2 heterocycles. The van der Waals surface area contributed by atoms with Gasteiger partial charge in [-0.15, -0.1) is 5.10 Å². The molecule has 0 radical (unpaired) electrons. The Morgan fingerprint density at radius 2 is 1.82 bits per heavy atom. The number of thioether (sulfide) groups is 1. The van der Waals surface area contributed by atoms with Gasteiger partial charge in [0.25, 0.3) is 5.56 Å². The second-order valence-corrected chi connectivity index (χ2v) is 7.73. The van der Waals surface area contributed by atoms with E-state index in [1.54, 1.807) is 10.6 Å². The van der Waals surface area contributed by atoms with E-state index in [4.69, 9.17) is 0 Å². The Kier molecular flexibility index (Phi) is 5.12. The molecule has 1 atom stereocenters. The predicted octanol–water partition coefficient (Wildman–Crippen LogP) is 2.90. The van der Waals surface area contributed by atoms with Gasteiger partial charge in [-0.05, 0) is 31.0 Å². The molecular formula is C20H19N5O2S. The third-order valence-corrected chi connectivity index (χ3v) is 5.59. The molecule has 8 heteroatoms. The molecule has 4 aromatic rings. The lowest BCUT2D eigenvalue weighted by molar-refractivity contribution is 0.614. The Hall–Kier alpha value is -3.13. The molecule has 0 aliphatic heterocycles. The Bertz CT molecular complexity index is 1210. The van der Waals surface area contributed by atoms with Gasteiger partial charge in [-0.1, -0.05) is 54.2 Å². The summed E-state index contributed by atoms with van der Waals surface area (Å²) in [4.78, 5) is 31.9. The van der Waals surface area contributed by atoms with Crippen molar-refractivity contribution in [3.05, 3.63) is 86.8 Å². The fraction of sp³-hybridized carbons (Fsp3) is 0.200. The fourth-order valence-electron chi connectivity index (χ4n) is 2.99. The Balaban J connectivity index is 1.56. The first-order valence-corrected chi connectivity index (χ1v) is 9.84. The van der Waals surface area contributed by atoms with E-state index in [0.29, 0.717) is 28.4 Å². The summed E-state index contributed by atoms with van der Waals surface area (Å²) in [6.07, 6.45) is 0.729. The SMILES string of the molecule is C[C@@H](Sc1n[nH]c(=O)n1CCc1ccccc1)c1nc2ccccc2c(=O)[nH]1. The van der Waals surface area contributed by atoms with Crippen LogP contribution in [0.15, 0.2) is 69.3 Å². The lowest BCUT2D eigenvalue weighted by Crippen LogP contribution is -2.19. The molecule has 28 heavy (non-hydrogen) atoms. The minimum Gasteiger partial charge on any atom is -0.309 e. The van der Waals surface area contributed by atoms with E-state index in [-0.39, 0.29) is 16.5 Å². The van der Waals surface area contributed by atoms with Gasteiger partial charge in [0, 0.05) is 6.54 Å². The van der Waals surface area contributed by atoms with Crippen LogP contribution in [0, 0.1) is 0 Å². The van der Waals surface area contributed by atoms with Gasteiger partial charge >= 0.3 is 5.69 Å². The summed E-state index contributed by atoms with van der Waals surface area (Å²) >= 11 is 1.38. The van der Waals surface area contributed by atoms with Gasteiger partial charge in [0.1, 0.15) is 5.82 Å². The van der Waals surface area contributed by atoms with Crippen LogP contribution in [-0.4, -0.2) is 24.7 Å². The maximum Gasteiger partial charge on any atom is 0.343 e. The monoisotopic (exact) mass is 393 g/mol. The lowest BCUT2D eigenvalue weighted by atomic mass is 10.1. The number of fused-ring (bicyclic) bond motifs is 1. The minimum absolute atomic E-state index is 0.170. The molecule has 142 valence electrons. The molecule has 0 unspecified atom stereocenters. The Labute approximate surface area is 164 Å². The molecule has 0 amide bonds. The van der Waals surface area contributed by atoms with Gasteiger partial charge in [0.2, 0.25) is 0 Å². The van der Waals surface area contributed by atoms with E-state index in [0.717, 1.165) is 12.0 Å². The number of nitrogens with zero attached hydrogens (tertiary/aromatic N) is 3. The van der Waals surface area contributed by atoms with E-state index in [1.165, 1.54) is 11.8 Å². The number of aryl methyl sites for hydroxylation is 1. The van der Waals surface area contributed by atoms with Crippen LogP contribution in [0.2, 0.25) is 0 Å². The van der Waals surface area contributed by atoms with Gasteiger partial charge in [-0.2, -0.15) is 0 Å². The molecule has 7 nitrogen and oxygen atoms in total. The van der Waals surface area contributed by atoms with Crippen molar-refractivity contribution in [2.45, 2.75) is 30.3 Å². The van der Waals surface area contributed by atoms with E-state index < -0.39 is 0 Å². The first kappa shape index (κ1) is 18.2. The largest absolute Gasteiger partial charge is 0.343 e. The molecule has 0 aliphatic carbocycles. The number of hydrogen-bond acceptors (Lipinski definition) is 5. The summed E-state index contributed by atoms with van der Waals surface area (Å²) in [5.74, 6) is 0.554. The van der Waals surface area contributed by atoms with Gasteiger partial charge in [-0.3, -0.25) is 9.36 Å². The normalized spacial score (nSPS) is 12.3. The van der Waals surface area contributed by atoms with Crippen LogP contribution < -0.4 is 11.2 Å². The number of H-pyrrole nitrogens is 2. The molecule has 0 spiro atoms. The standard InChI is InChI=1S/C20H19N5O2S/c1-13(17-21-16-10-6-5-9-15(16)18(26)22-17)28-20-24-23-19(27)25(20)12-11-14-7-3-2-4-8-14/h2-10,13H,11-12H2,1H3,(H,23,27)(H,21,22,26)/t13-/m1/s1. The molecule has 0 saturated carbocycles. The van der Waals surface area contributed by atoms with Crippen molar-refractivity contribution < 1.29 is 0 Å². The van der Waals surface area contributed by atoms with E-state index >= 15 is 0 Å². The highest BCUT2D eigenvalue weighted by atomic mass is 32.2. The van der Waals surface area contributed by atoms with Crippen LogP contribution in [-0.2, 0) is 13.0 Å². The Morgan fingerprint density at radius 3 is 2.64 bits per heavy atom. The number of aromatic nitrogens is 5. The maximum atomic E-state index is 12.3. The molecule has 2 aromatic carbocycles. The molecular weight excluding hydrogens is 374 g/mol. The van der Waals surface area contributed by atoms with Crippen molar-refractivity contribution in [2.75, 3.05) is 0 Å². The number of rotatable bonds is 6. The zero-order valence-corrected chi connectivity index (χ0v) is 16.1. The average Bonchev–Trinajstić information content (AvgIpc) is 3.06. The van der Waals surface area contributed by atoms with Gasteiger partial charge in [0.05, 0.1) is 16.2 Å². The fourth-order valence-corrected chi connectivity index (χ4v) is 3.93. The van der Waals surface area contributed by atoms with Crippen molar-refractivity contribution in [1.82, 2.24) is 24.7 Å². The van der Waals surface area contributed by atoms with Crippen LogP contribution in [0.25, 0.3) is 10.9 Å². The topological polar surface area (TPSA) is 96.4 Å². The van der Waals surface area contributed by atoms with Crippen LogP contribution >= 0.6 is 11.8 Å². The van der Waals surface area contributed by atoms with Gasteiger partial charge in [-0.25, -0.2) is 14.9 Å². The highest BCUT2D eigenvalue weighted by molar-refractivity contribution is 7.99. The molecule has 2 aromatic heterocycles. The number of benzene rings is 2. The van der Waals surface area contributed by atoms with E-state index in [2.05, 4.69) is 20.2 Å². The zero-order chi connectivity index (χ0) is 19.5. The van der Waals surface area contributed by atoms with E-state index in [1.807, 2.05) is 55.5 Å². The lowest BCUT2D eigenvalue weighted by Gasteiger charge is -2.11. The Morgan fingerprint density at radius 1 is 1.07 bits per heavy atom. The van der Waals surface area contributed by atoms with Crippen LogP contribution in [0.4, 0.5) is 0 Å². The quantitative estimate of drug-likeness (QED) is 0.491. The molecule has 4 rings (SSSR count). The van der Waals surface area contributed by atoms with Crippen LogP contribution in [0.3, 0.4) is 0 Å². The smallest absolute Gasteiger partial charge is 0.309 e. The van der Waals surface area contributed by atoms with Crippen molar-refractivity contribution >= 4 is 22.7 Å². The number of hydrogen-bond donors (Lipinski definition) is 2. The molecule has 2 N–H and O–H groups in total.